The van der Waals surface area contributed by atoms with Crippen LogP contribution in [0.3, 0.4) is 0 Å². The Bertz CT molecular complexity index is 694. The van der Waals surface area contributed by atoms with Crippen molar-refractivity contribution in [1.29, 1.82) is 0 Å². The number of sulfonamides is 1. The molecular weight excluding hydrogens is 358 g/mol. The molecule has 3 rings (SSSR count). The molecule has 1 heterocycles. The Balaban J connectivity index is 1.74. The third-order valence-corrected chi connectivity index (χ3v) is 5.24. The SMILES string of the molecule is O=S(=O)(NC1C=CC2=C(C1)OCCO2)c1ccc(Br)cc1. The summed E-state index contributed by atoms with van der Waals surface area (Å²) in [6.45, 7) is 1.03. The van der Waals surface area contributed by atoms with E-state index in [4.69, 9.17) is 9.47 Å². The minimum atomic E-state index is -3.56. The zero-order valence-corrected chi connectivity index (χ0v) is 13.5. The van der Waals surface area contributed by atoms with Crippen molar-refractivity contribution in [2.75, 3.05) is 13.2 Å². The molecule has 1 aliphatic heterocycles. The van der Waals surface area contributed by atoms with Gasteiger partial charge in [-0.2, -0.15) is 0 Å². The first-order valence-electron chi connectivity index (χ1n) is 6.49. The van der Waals surface area contributed by atoms with Crippen LogP contribution in [-0.2, 0) is 19.5 Å². The minimum absolute atomic E-state index is 0.236. The third-order valence-electron chi connectivity index (χ3n) is 3.21. The highest BCUT2D eigenvalue weighted by molar-refractivity contribution is 9.10. The van der Waals surface area contributed by atoms with Crippen LogP contribution in [0, 0.1) is 0 Å². The maximum absolute atomic E-state index is 12.3. The summed E-state index contributed by atoms with van der Waals surface area (Å²) >= 11 is 3.29. The second-order valence-corrected chi connectivity index (χ2v) is 7.36. The Labute approximate surface area is 131 Å². The molecule has 21 heavy (non-hydrogen) atoms. The smallest absolute Gasteiger partial charge is 0.241 e. The van der Waals surface area contributed by atoms with Gasteiger partial charge in [0.05, 0.1) is 4.90 Å². The van der Waals surface area contributed by atoms with E-state index in [1.165, 1.54) is 0 Å². The summed E-state index contributed by atoms with van der Waals surface area (Å²) in [7, 11) is -3.56. The first-order chi connectivity index (χ1) is 10.0. The minimum Gasteiger partial charge on any atom is -0.490 e. The molecule has 1 unspecified atom stereocenters. The average molecular weight is 372 g/mol. The first-order valence-corrected chi connectivity index (χ1v) is 8.77. The van der Waals surface area contributed by atoms with Crippen LogP contribution in [0.25, 0.3) is 0 Å². The van der Waals surface area contributed by atoms with E-state index in [2.05, 4.69) is 20.7 Å². The number of hydrogen-bond donors (Lipinski definition) is 1. The van der Waals surface area contributed by atoms with Gasteiger partial charge in [0.2, 0.25) is 10.0 Å². The topological polar surface area (TPSA) is 64.6 Å². The largest absolute Gasteiger partial charge is 0.490 e. The molecule has 0 bridgehead atoms. The summed E-state index contributed by atoms with van der Waals surface area (Å²) in [5.74, 6) is 1.40. The monoisotopic (exact) mass is 371 g/mol. The van der Waals surface area contributed by atoms with E-state index in [0.29, 0.717) is 31.2 Å². The van der Waals surface area contributed by atoms with Crippen molar-refractivity contribution < 1.29 is 17.9 Å². The molecule has 0 amide bonds. The fraction of sp³-hybridized carbons (Fsp3) is 0.286. The van der Waals surface area contributed by atoms with E-state index in [0.717, 1.165) is 4.47 Å². The Morgan fingerprint density at radius 2 is 1.86 bits per heavy atom. The molecule has 0 radical (unpaired) electrons. The molecule has 0 spiro atoms. The summed E-state index contributed by atoms with van der Waals surface area (Å²) in [6.07, 6.45) is 4.00. The molecule has 1 N–H and O–H groups in total. The van der Waals surface area contributed by atoms with Gasteiger partial charge >= 0.3 is 0 Å². The molecule has 2 aliphatic rings. The fourth-order valence-electron chi connectivity index (χ4n) is 2.20. The van der Waals surface area contributed by atoms with E-state index in [-0.39, 0.29) is 10.9 Å². The molecule has 0 fully saturated rings. The average Bonchev–Trinajstić information content (AvgIpc) is 2.47. The molecule has 0 saturated heterocycles. The number of hydrogen-bond acceptors (Lipinski definition) is 4. The van der Waals surface area contributed by atoms with Crippen molar-refractivity contribution in [3.05, 3.63) is 52.4 Å². The number of nitrogens with one attached hydrogen (secondary N) is 1. The van der Waals surface area contributed by atoms with Crippen molar-refractivity contribution in [2.45, 2.75) is 17.4 Å². The molecule has 5 nitrogen and oxygen atoms in total. The normalized spacial score (nSPS) is 21.5. The van der Waals surface area contributed by atoms with Crippen LogP contribution in [0.1, 0.15) is 6.42 Å². The predicted molar refractivity (Wildman–Crippen MR) is 80.9 cm³/mol. The van der Waals surface area contributed by atoms with Gasteiger partial charge in [-0.1, -0.05) is 22.0 Å². The Kier molecular flexibility index (Phi) is 4.05. The highest BCUT2D eigenvalue weighted by Crippen LogP contribution is 2.25. The molecule has 0 aromatic heterocycles. The molecule has 1 aromatic rings. The summed E-state index contributed by atoms with van der Waals surface area (Å²) in [4.78, 5) is 0.236. The third kappa shape index (κ3) is 3.30. The van der Waals surface area contributed by atoms with Crippen molar-refractivity contribution in [3.8, 4) is 0 Å². The lowest BCUT2D eigenvalue weighted by atomic mass is 10.1. The zero-order chi connectivity index (χ0) is 14.9. The number of allylic oxidation sites excluding steroid dienone is 1. The molecular formula is C14H14BrNO4S. The second-order valence-electron chi connectivity index (χ2n) is 4.73. The van der Waals surface area contributed by atoms with E-state index in [1.54, 1.807) is 36.4 Å². The van der Waals surface area contributed by atoms with Crippen LogP contribution >= 0.6 is 15.9 Å². The van der Waals surface area contributed by atoms with E-state index >= 15 is 0 Å². The van der Waals surface area contributed by atoms with Crippen LogP contribution in [0.5, 0.6) is 0 Å². The van der Waals surface area contributed by atoms with Gasteiger partial charge in [0, 0.05) is 16.9 Å². The Morgan fingerprint density at radius 3 is 2.62 bits per heavy atom. The lowest BCUT2D eigenvalue weighted by Crippen LogP contribution is -2.36. The Morgan fingerprint density at radius 1 is 1.14 bits per heavy atom. The van der Waals surface area contributed by atoms with Gasteiger partial charge in [-0.3, -0.25) is 0 Å². The fourth-order valence-corrected chi connectivity index (χ4v) is 3.66. The maximum atomic E-state index is 12.3. The predicted octanol–water partition coefficient (Wildman–Crippen LogP) is 2.31. The number of halogens is 1. The van der Waals surface area contributed by atoms with Crippen LogP contribution in [0.2, 0.25) is 0 Å². The molecule has 112 valence electrons. The van der Waals surface area contributed by atoms with E-state index in [9.17, 15) is 8.42 Å². The van der Waals surface area contributed by atoms with Gasteiger partial charge in [-0.25, -0.2) is 13.1 Å². The van der Waals surface area contributed by atoms with Gasteiger partial charge in [-0.05, 0) is 30.3 Å². The van der Waals surface area contributed by atoms with Crippen molar-refractivity contribution in [2.24, 2.45) is 0 Å². The number of benzene rings is 1. The summed E-state index contributed by atoms with van der Waals surface area (Å²) in [5, 5.41) is 0. The summed E-state index contributed by atoms with van der Waals surface area (Å²) in [5.41, 5.74) is 0. The van der Waals surface area contributed by atoms with Crippen LogP contribution in [0.15, 0.2) is 57.3 Å². The summed E-state index contributed by atoms with van der Waals surface area (Å²) < 4.78 is 39.1. The van der Waals surface area contributed by atoms with Crippen LogP contribution in [0.4, 0.5) is 0 Å². The second kappa shape index (κ2) is 5.82. The van der Waals surface area contributed by atoms with Crippen molar-refractivity contribution >= 4 is 26.0 Å². The van der Waals surface area contributed by atoms with Crippen LogP contribution < -0.4 is 4.72 Å². The van der Waals surface area contributed by atoms with Gasteiger partial charge in [-0.15, -0.1) is 0 Å². The van der Waals surface area contributed by atoms with Crippen molar-refractivity contribution in [3.63, 3.8) is 0 Å². The molecule has 1 atom stereocenters. The Hall–Kier alpha value is -1.31. The lowest BCUT2D eigenvalue weighted by Gasteiger charge is -2.26. The standard InChI is InChI=1S/C14H14BrNO4S/c15-10-1-4-12(5-2-10)21(17,18)16-11-3-6-13-14(9-11)20-8-7-19-13/h1-6,11,16H,7-9H2. The van der Waals surface area contributed by atoms with Crippen molar-refractivity contribution in [1.82, 2.24) is 4.72 Å². The molecule has 0 saturated carbocycles. The molecule has 1 aliphatic carbocycles. The maximum Gasteiger partial charge on any atom is 0.241 e. The number of rotatable bonds is 3. The summed E-state index contributed by atoms with van der Waals surface area (Å²) in [6, 6.07) is 6.18. The van der Waals surface area contributed by atoms with Gasteiger partial charge in [0.25, 0.3) is 0 Å². The molecule has 1 aromatic carbocycles. The quantitative estimate of drug-likeness (QED) is 0.885. The van der Waals surface area contributed by atoms with Gasteiger partial charge < -0.3 is 9.47 Å². The molecule has 7 heteroatoms. The highest BCUT2D eigenvalue weighted by atomic mass is 79.9. The highest BCUT2D eigenvalue weighted by Gasteiger charge is 2.25. The van der Waals surface area contributed by atoms with Crippen LogP contribution in [-0.4, -0.2) is 27.7 Å². The lowest BCUT2D eigenvalue weighted by molar-refractivity contribution is 0.0614. The first kappa shape index (κ1) is 14.6. The van der Waals surface area contributed by atoms with Gasteiger partial charge in [0.15, 0.2) is 5.76 Å². The van der Waals surface area contributed by atoms with E-state index < -0.39 is 10.0 Å². The van der Waals surface area contributed by atoms with Gasteiger partial charge in [0.1, 0.15) is 19.0 Å². The van der Waals surface area contributed by atoms with E-state index in [1.807, 2.05) is 0 Å². The zero-order valence-electron chi connectivity index (χ0n) is 11.1. The number of ether oxygens (including phenoxy) is 2.